The molecule has 1 aromatic heterocycles. The van der Waals surface area contributed by atoms with E-state index >= 15 is 0 Å². The quantitative estimate of drug-likeness (QED) is 0.824. The molecule has 21 heavy (non-hydrogen) atoms. The third-order valence-corrected chi connectivity index (χ3v) is 3.62. The molecule has 0 saturated heterocycles. The molecule has 0 radical (unpaired) electrons. The van der Waals surface area contributed by atoms with Crippen LogP contribution >= 0.6 is 11.8 Å². The molecule has 0 aliphatic rings. The number of thioether (sulfide) groups is 1. The summed E-state index contributed by atoms with van der Waals surface area (Å²) in [6, 6.07) is 5.62. The third kappa shape index (κ3) is 4.30. The lowest BCUT2D eigenvalue weighted by Crippen LogP contribution is -2.14. The predicted molar refractivity (Wildman–Crippen MR) is 82.2 cm³/mol. The van der Waals surface area contributed by atoms with Gasteiger partial charge in [-0.15, -0.1) is 10.2 Å². The highest BCUT2D eigenvalue weighted by molar-refractivity contribution is 7.99. The van der Waals surface area contributed by atoms with E-state index in [4.69, 9.17) is 10.2 Å². The minimum Gasteiger partial charge on any atom is -0.414 e. The average Bonchev–Trinajstić information content (AvgIpc) is 2.90. The van der Waals surface area contributed by atoms with Gasteiger partial charge in [-0.05, 0) is 38.0 Å². The van der Waals surface area contributed by atoms with Gasteiger partial charge in [-0.2, -0.15) is 0 Å². The fourth-order valence-electron chi connectivity index (χ4n) is 1.65. The Hall–Kier alpha value is -1.86. The number of hydrogen-bond donors (Lipinski definition) is 2. The summed E-state index contributed by atoms with van der Waals surface area (Å²) in [4.78, 5) is 11.9. The zero-order valence-corrected chi connectivity index (χ0v) is 13.0. The Bertz CT molecular complexity index is 640. The van der Waals surface area contributed by atoms with E-state index in [9.17, 15) is 4.79 Å². The fourth-order valence-corrected chi connectivity index (χ4v) is 2.22. The van der Waals surface area contributed by atoms with Gasteiger partial charge in [-0.1, -0.05) is 23.9 Å². The van der Waals surface area contributed by atoms with Crippen LogP contribution in [0.4, 0.5) is 5.69 Å². The van der Waals surface area contributed by atoms with Gasteiger partial charge in [0.15, 0.2) is 0 Å². The Morgan fingerprint density at radius 2 is 2.19 bits per heavy atom. The van der Waals surface area contributed by atoms with Crippen LogP contribution in [-0.2, 0) is 4.79 Å². The number of nitrogens with zero attached hydrogens (tertiary/aromatic N) is 2. The van der Waals surface area contributed by atoms with Crippen LogP contribution in [0.5, 0.6) is 0 Å². The maximum atomic E-state index is 11.9. The van der Waals surface area contributed by atoms with Crippen LogP contribution in [0.25, 0.3) is 0 Å². The number of hydrogen-bond acceptors (Lipinski definition) is 6. The average molecular weight is 306 g/mol. The summed E-state index contributed by atoms with van der Waals surface area (Å²) in [5, 5.41) is 10.9. The largest absolute Gasteiger partial charge is 0.414 e. The Balaban J connectivity index is 1.91. The Morgan fingerprint density at radius 3 is 2.86 bits per heavy atom. The molecule has 1 amide bonds. The highest BCUT2D eigenvalue weighted by Crippen LogP contribution is 2.20. The van der Waals surface area contributed by atoms with Gasteiger partial charge in [0.2, 0.25) is 11.8 Å². The first kappa shape index (κ1) is 15.5. The second-order valence-corrected chi connectivity index (χ2v) is 5.78. The molecule has 7 heteroatoms. The first-order valence-corrected chi connectivity index (χ1v) is 7.53. The number of carbonyl (C=O) groups is 1. The number of aryl methyl sites for hydroxylation is 2. The summed E-state index contributed by atoms with van der Waals surface area (Å²) in [6.45, 7) is 5.70. The van der Waals surface area contributed by atoms with Crippen molar-refractivity contribution < 1.29 is 9.21 Å². The summed E-state index contributed by atoms with van der Waals surface area (Å²) in [7, 11) is 0. The van der Waals surface area contributed by atoms with Crippen molar-refractivity contribution in [3.05, 3.63) is 35.2 Å². The van der Waals surface area contributed by atoms with Crippen LogP contribution in [0.15, 0.2) is 27.8 Å². The molecule has 0 aliphatic heterocycles. The summed E-state index contributed by atoms with van der Waals surface area (Å²) < 4.78 is 5.32. The number of anilines is 1. The van der Waals surface area contributed by atoms with E-state index in [2.05, 4.69) is 15.5 Å². The molecule has 3 N–H and O–H groups in total. The van der Waals surface area contributed by atoms with Gasteiger partial charge in [0.05, 0.1) is 11.8 Å². The summed E-state index contributed by atoms with van der Waals surface area (Å²) in [6.07, 6.45) is 0. The molecule has 2 aromatic rings. The van der Waals surface area contributed by atoms with Crippen LogP contribution in [0.3, 0.4) is 0 Å². The van der Waals surface area contributed by atoms with Gasteiger partial charge in [0, 0.05) is 5.69 Å². The Kier molecular flexibility index (Phi) is 4.98. The molecule has 1 atom stereocenters. The fraction of sp³-hybridized carbons (Fsp3) is 0.357. The van der Waals surface area contributed by atoms with Crippen molar-refractivity contribution in [1.82, 2.24) is 10.2 Å². The normalized spacial score (nSPS) is 12.2. The second kappa shape index (κ2) is 6.73. The van der Waals surface area contributed by atoms with Crippen LogP contribution < -0.4 is 11.1 Å². The lowest BCUT2D eigenvalue weighted by Gasteiger charge is -2.08. The number of nitrogens with two attached hydrogens (primary N) is 1. The van der Waals surface area contributed by atoms with E-state index in [0.717, 1.165) is 16.8 Å². The first-order chi connectivity index (χ1) is 9.95. The van der Waals surface area contributed by atoms with Crippen molar-refractivity contribution >= 4 is 23.4 Å². The number of amides is 1. The Labute approximate surface area is 127 Å². The molecule has 1 unspecified atom stereocenters. The maximum absolute atomic E-state index is 11.9. The van der Waals surface area contributed by atoms with Crippen LogP contribution in [-0.4, -0.2) is 21.9 Å². The molecule has 0 fully saturated rings. The number of aromatic nitrogens is 2. The topological polar surface area (TPSA) is 94.0 Å². The molecule has 0 aliphatic carbocycles. The molecule has 0 spiro atoms. The van der Waals surface area contributed by atoms with Gasteiger partial charge >= 0.3 is 0 Å². The number of carbonyl (C=O) groups excluding carboxylic acids is 1. The number of benzene rings is 1. The van der Waals surface area contributed by atoms with E-state index in [1.54, 1.807) is 6.92 Å². The third-order valence-electron chi connectivity index (χ3n) is 2.81. The van der Waals surface area contributed by atoms with Crippen molar-refractivity contribution in [3.63, 3.8) is 0 Å². The minimum absolute atomic E-state index is 0.116. The van der Waals surface area contributed by atoms with Crippen molar-refractivity contribution in [3.8, 4) is 0 Å². The molecule has 112 valence electrons. The lowest BCUT2D eigenvalue weighted by molar-refractivity contribution is -0.113. The molecule has 6 nitrogen and oxygen atoms in total. The van der Waals surface area contributed by atoms with E-state index in [-0.39, 0.29) is 17.7 Å². The molecule has 1 aromatic carbocycles. The van der Waals surface area contributed by atoms with E-state index in [1.807, 2.05) is 32.0 Å². The van der Waals surface area contributed by atoms with Gasteiger partial charge in [-0.3, -0.25) is 4.79 Å². The van der Waals surface area contributed by atoms with Gasteiger partial charge in [-0.25, -0.2) is 0 Å². The smallest absolute Gasteiger partial charge is 0.277 e. The van der Waals surface area contributed by atoms with Crippen molar-refractivity contribution in [2.45, 2.75) is 32.0 Å². The minimum atomic E-state index is -0.310. The van der Waals surface area contributed by atoms with Crippen LogP contribution in [0.1, 0.15) is 30.0 Å². The molecular formula is C14H18N4O2S. The zero-order valence-electron chi connectivity index (χ0n) is 12.2. The monoisotopic (exact) mass is 306 g/mol. The number of rotatable bonds is 5. The summed E-state index contributed by atoms with van der Waals surface area (Å²) >= 11 is 1.19. The van der Waals surface area contributed by atoms with Crippen molar-refractivity contribution in [2.24, 2.45) is 5.73 Å². The van der Waals surface area contributed by atoms with Crippen molar-refractivity contribution in [2.75, 3.05) is 11.1 Å². The van der Waals surface area contributed by atoms with Gasteiger partial charge in [0.25, 0.3) is 5.22 Å². The zero-order chi connectivity index (χ0) is 15.4. The summed E-state index contributed by atoms with van der Waals surface area (Å²) in [5.41, 5.74) is 8.58. The number of nitrogens with one attached hydrogen (secondary N) is 1. The molecule has 0 bridgehead atoms. The maximum Gasteiger partial charge on any atom is 0.277 e. The van der Waals surface area contributed by atoms with Crippen LogP contribution in [0, 0.1) is 13.8 Å². The SMILES string of the molecule is Cc1ccc(C)c(NC(=O)CSc2nnc(C(C)N)o2)c1. The lowest BCUT2D eigenvalue weighted by atomic mass is 10.1. The predicted octanol–water partition coefficient (Wildman–Crippen LogP) is 2.44. The molecule has 0 saturated carbocycles. The highest BCUT2D eigenvalue weighted by Gasteiger charge is 2.12. The van der Waals surface area contributed by atoms with Gasteiger partial charge in [0.1, 0.15) is 0 Å². The first-order valence-electron chi connectivity index (χ1n) is 6.54. The highest BCUT2D eigenvalue weighted by atomic mass is 32.2. The second-order valence-electron chi connectivity index (χ2n) is 4.85. The van der Waals surface area contributed by atoms with Gasteiger partial charge < -0.3 is 15.5 Å². The molecular weight excluding hydrogens is 288 g/mol. The van der Waals surface area contributed by atoms with E-state index in [1.165, 1.54) is 11.8 Å². The summed E-state index contributed by atoms with van der Waals surface area (Å²) in [5.74, 6) is 0.454. The Morgan fingerprint density at radius 1 is 1.43 bits per heavy atom. The molecule has 2 rings (SSSR count). The molecule has 1 heterocycles. The van der Waals surface area contributed by atoms with Crippen LogP contribution in [0.2, 0.25) is 0 Å². The van der Waals surface area contributed by atoms with E-state index < -0.39 is 0 Å². The van der Waals surface area contributed by atoms with Crippen molar-refractivity contribution in [1.29, 1.82) is 0 Å². The standard InChI is InChI=1S/C14H18N4O2S/c1-8-4-5-9(2)11(6-8)16-12(19)7-21-14-18-17-13(20-14)10(3)15/h4-6,10H,7,15H2,1-3H3,(H,16,19). The van der Waals surface area contributed by atoms with E-state index in [0.29, 0.717) is 11.1 Å².